The first-order chi connectivity index (χ1) is 10.0. The second-order valence-corrected chi connectivity index (χ2v) is 5.69. The monoisotopic (exact) mass is 330 g/mol. The van der Waals surface area contributed by atoms with E-state index in [0.717, 1.165) is 12.0 Å². The van der Waals surface area contributed by atoms with Crippen molar-refractivity contribution in [1.82, 2.24) is 5.32 Å². The minimum atomic E-state index is -0.584. The van der Waals surface area contributed by atoms with Crippen LogP contribution in [0.1, 0.15) is 24.3 Å². The van der Waals surface area contributed by atoms with Crippen LogP contribution < -0.4 is 11.1 Å². The standard InChI is InChI=1S/C14H16Cl2N2O3/c15-11-4-1-3-8(12(11)16)9-7-10(9)13(19)21-6-2-5-18-14(17)20/h1,3-4,9-10H,2,5-7H2,(H3,17,18,20)/t9-,10-/m1/s1. The highest BCUT2D eigenvalue weighted by molar-refractivity contribution is 6.42. The fraction of sp³-hybridized carbons (Fsp3) is 0.429. The summed E-state index contributed by atoms with van der Waals surface area (Å²) in [4.78, 5) is 22.3. The fourth-order valence-corrected chi connectivity index (χ4v) is 2.62. The van der Waals surface area contributed by atoms with Gasteiger partial charge in [-0.1, -0.05) is 35.3 Å². The van der Waals surface area contributed by atoms with Gasteiger partial charge in [0.15, 0.2) is 0 Å². The van der Waals surface area contributed by atoms with Crippen LogP contribution in [0.15, 0.2) is 18.2 Å². The molecule has 1 aromatic carbocycles. The van der Waals surface area contributed by atoms with Gasteiger partial charge in [0.25, 0.3) is 0 Å². The summed E-state index contributed by atoms with van der Waals surface area (Å²) < 4.78 is 5.16. The summed E-state index contributed by atoms with van der Waals surface area (Å²) in [6.45, 7) is 0.641. The van der Waals surface area contributed by atoms with Crippen molar-refractivity contribution >= 4 is 35.2 Å². The molecule has 1 saturated carbocycles. The molecular weight excluding hydrogens is 315 g/mol. The van der Waals surface area contributed by atoms with Crippen LogP contribution in [0.5, 0.6) is 0 Å². The van der Waals surface area contributed by atoms with Gasteiger partial charge in [-0.2, -0.15) is 0 Å². The van der Waals surface area contributed by atoms with E-state index in [0.29, 0.717) is 23.0 Å². The second kappa shape index (κ2) is 7.00. The first-order valence-corrected chi connectivity index (χ1v) is 7.40. The number of rotatable bonds is 6. The quantitative estimate of drug-likeness (QED) is 0.621. The SMILES string of the molecule is NC(=O)NCCCOC(=O)[C@@H]1C[C@@H]1c1cccc(Cl)c1Cl. The summed E-state index contributed by atoms with van der Waals surface area (Å²) in [5.74, 6) is -0.326. The molecule has 114 valence electrons. The summed E-state index contributed by atoms with van der Waals surface area (Å²) in [7, 11) is 0. The Morgan fingerprint density at radius 3 is 2.86 bits per heavy atom. The molecule has 1 aliphatic rings. The third-order valence-electron chi connectivity index (χ3n) is 3.34. The summed E-state index contributed by atoms with van der Waals surface area (Å²) in [6.07, 6.45) is 1.25. The number of carbonyl (C=O) groups is 2. The predicted molar refractivity (Wildman–Crippen MR) is 80.5 cm³/mol. The smallest absolute Gasteiger partial charge is 0.312 e. The largest absolute Gasteiger partial charge is 0.465 e. The van der Waals surface area contributed by atoms with Gasteiger partial charge < -0.3 is 15.8 Å². The zero-order chi connectivity index (χ0) is 15.4. The average Bonchev–Trinajstić information content (AvgIpc) is 3.21. The van der Waals surface area contributed by atoms with Crippen molar-refractivity contribution in [3.05, 3.63) is 33.8 Å². The molecule has 1 aromatic rings. The first kappa shape index (κ1) is 15.9. The Hall–Kier alpha value is -1.46. The molecule has 0 radical (unpaired) electrons. The number of amides is 2. The molecule has 0 aromatic heterocycles. The van der Waals surface area contributed by atoms with Crippen LogP contribution in [0.2, 0.25) is 10.0 Å². The molecule has 0 aliphatic heterocycles. The van der Waals surface area contributed by atoms with Crippen molar-refractivity contribution in [3.8, 4) is 0 Å². The predicted octanol–water partition coefficient (Wildman–Crippen LogP) is 2.70. The molecule has 5 nitrogen and oxygen atoms in total. The van der Waals surface area contributed by atoms with Crippen molar-refractivity contribution < 1.29 is 14.3 Å². The van der Waals surface area contributed by atoms with Crippen LogP contribution in [0.4, 0.5) is 4.79 Å². The molecule has 0 heterocycles. The topological polar surface area (TPSA) is 81.4 Å². The number of primary amides is 1. The van der Waals surface area contributed by atoms with E-state index in [2.05, 4.69) is 5.32 Å². The minimum Gasteiger partial charge on any atom is -0.465 e. The van der Waals surface area contributed by atoms with Gasteiger partial charge in [-0.15, -0.1) is 0 Å². The molecule has 3 N–H and O–H groups in total. The van der Waals surface area contributed by atoms with Crippen molar-refractivity contribution in [3.63, 3.8) is 0 Å². The Labute approximate surface area is 132 Å². The lowest BCUT2D eigenvalue weighted by Gasteiger charge is -2.06. The van der Waals surface area contributed by atoms with Gasteiger partial charge in [0.2, 0.25) is 0 Å². The molecular formula is C14H16Cl2N2O3. The van der Waals surface area contributed by atoms with Gasteiger partial charge in [0.05, 0.1) is 22.6 Å². The highest BCUT2D eigenvalue weighted by Crippen LogP contribution is 2.51. The molecule has 2 amide bonds. The lowest BCUT2D eigenvalue weighted by atomic mass is 10.1. The van der Waals surface area contributed by atoms with Crippen molar-refractivity contribution in [2.24, 2.45) is 11.7 Å². The average molecular weight is 331 g/mol. The van der Waals surface area contributed by atoms with Crippen LogP contribution in [0.3, 0.4) is 0 Å². The fourth-order valence-electron chi connectivity index (χ4n) is 2.17. The normalized spacial score (nSPS) is 19.9. The van der Waals surface area contributed by atoms with E-state index in [1.54, 1.807) is 6.07 Å². The number of carbonyl (C=O) groups excluding carboxylic acids is 2. The third-order valence-corrected chi connectivity index (χ3v) is 4.17. The number of hydrogen-bond donors (Lipinski definition) is 2. The lowest BCUT2D eigenvalue weighted by molar-refractivity contribution is -0.145. The van der Waals surface area contributed by atoms with Gasteiger partial charge in [-0.05, 0) is 30.4 Å². The van der Waals surface area contributed by atoms with E-state index in [4.69, 9.17) is 33.7 Å². The Morgan fingerprint density at radius 2 is 2.14 bits per heavy atom. The van der Waals surface area contributed by atoms with Crippen LogP contribution in [-0.2, 0) is 9.53 Å². The molecule has 0 spiro atoms. The van der Waals surface area contributed by atoms with E-state index in [1.165, 1.54) is 0 Å². The first-order valence-electron chi connectivity index (χ1n) is 6.64. The van der Waals surface area contributed by atoms with Gasteiger partial charge in [0.1, 0.15) is 0 Å². The Balaban J connectivity index is 1.76. The number of esters is 1. The molecule has 0 unspecified atom stereocenters. The highest BCUT2D eigenvalue weighted by Gasteiger charge is 2.46. The van der Waals surface area contributed by atoms with Crippen LogP contribution in [-0.4, -0.2) is 25.2 Å². The molecule has 1 aliphatic carbocycles. The van der Waals surface area contributed by atoms with Crippen LogP contribution in [0, 0.1) is 5.92 Å². The van der Waals surface area contributed by atoms with Crippen molar-refractivity contribution in [2.45, 2.75) is 18.8 Å². The molecule has 0 bridgehead atoms. The maximum absolute atomic E-state index is 11.9. The van der Waals surface area contributed by atoms with Crippen LogP contribution in [0.25, 0.3) is 0 Å². The van der Waals surface area contributed by atoms with Gasteiger partial charge in [-0.3, -0.25) is 4.79 Å². The van der Waals surface area contributed by atoms with E-state index in [9.17, 15) is 9.59 Å². The molecule has 0 saturated heterocycles. The maximum Gasteiger partial charge on any atom is 0.312 e. The Morgan fingerprint density at radius 1 is 1.38 bits per heavy atom. The third kappa shape index (κ3) is 4.25. The summed E-state index contributed by atoms with van der Waals surface area (Å²) >= 11 is 12.1. The van der Waals surface area contributed by atoms with Crippen LogP contribution >= 0.6 is 23.2 Å². The molecule has 21 heavy (non-hydrogen) atoms. The minimum absolute atomic E-state index is 0.0763. The van der Waals surface area contributed by atoms with E-state index in [1.807, 2.05) is 12.1 Å². The van der Waals surface area contributed by atoms with Gasteiger partial charge >= 0.3 is 12.0 Å². The summed E-state index contributed by atoms with van der Waals surface area (Å²) in [5, 5.41) is 3.42. The Bertz CT molecular complexity index is 551. The maximum atomic E-state index is 11.9. The number of nitrogens with two attached hydrogens (primary N) is 1. The number of nitrogens with one attached hydrogen (secondary N) is 1. The number of benzene rings is 1. The zero-order valence-electron chi connectivity index (χ0n) is 11.3. The lowest BCUT2D eigenvalue weighted by Crippen LogP contribution is -2.30. The molecule has 1 fully saturated rings. The zero-order valence-corrected chi connectivity index (χ0v) is 12.8. The van der Waals surface area contributed by atoms with Crippen molar-refractivity contribution in [2.75, 3.05) is 13.2 Å². The number of hydrogen-bond acceptors (Lipinski definition) is 3. The molecule has 7 heteroatoms. The Kier molecular flexibility index (Phi) is 5.31. The summed E-state index contributed by atoms with van der Waals surface area (Å²) in [6, 6.07) is 4.83. The number of halogens is 2. The number of ether oxygens (including phenoxy) is 1. The van der Waals surface area contributed by atoms with E-state index >= 15 is 0 Å². The molecule has 2 atom stereocenters. The second-order valence-electron chi connectivity index (χ2n) is 4.90. The summed E-state index contributed by atoms with van der Waals surface area (Å²) in [5.41, 5.74) is 5.81. The highest BCUT2D eigenvalue weighted by atomic mass is 35.5. The van der Waals surface area contributed by atoms with Crippen molar-refractivity contribution in [1.29, 1.82) is 0 Å². The number of urea groups is 1. The van der Waals surface area contributed by atoms with E-state index < -0.39 is 6.03 Å². The molecule has 2 rings (SSSR count). The van der Waals surface area contributed by atoms with Gasteiger partial charge in [0, 0.05) is 6.54 Å². The van der Waals surface area contributed by atoms with E-state index in [-0.39, 0.29) is 24.4 Å². The van der Waals surface area contributed by atoms with Gasteiger partial charge in [-0.25, -0.2) is 4.79 Å².